The first kappa shape index (κ1) is 27.9. The third-order valence-electron chi connectivity index (χ3n) is 5.99. The molecule has 3 rings (SSSR count). The van der Waals surface area contributed by atoms with E-state index in [4.69, 9.17) is 0 Å². The second-order valence-electron chi connectivity index (χ2n) is 9.56. The number of piperazine rings is 1. The number of benzene rings is 2. The first-order valence-corrected chi connectivity index (χ1v) is 11.6. The quantitative estimate of drug-likeness (QED) is 0.473. The van der Waals surface area contributed by atoms with Gasteiger partial charge in [-0.1, -0.05) is 24.3 Å². The molecule has 1 fully saturated rings. The molecule has 1 aliphatic heterocycles. The molecular weight excluding hydrogens is 494 g/mol. The van der Waals surface area contributed by atoms with E-state index in [1.54, 1.807) is 40.7 Å². The summed E-state index contributed by atoms with van der Waals surface area (Å²) in [7, 11) is 0. The van der Waals surface area contributed by atoms with Crippen LogP contribution in [-0.4, -0.2) is 65.5 Å². The van der Waals surface area contributed by atoms with Crippen LogP contribution < -0.4 is 15.8 Å². The smallest absolute Gasteiger partial charge is 0.322 e. The molecule has 1 aliphatic rings. The van der Waals surface area contributed by atoms with Crippen LogP contribution in [0.15, 0.2) is 48.5 Å². The number of nitrogens with zero attached hydrogens (tertiary/aromatic N) is 3. The Labute approximate surface area is 212 Å². The van der Waals surface area contributed by atoms with E-state index in [-0.39, 0.29) is 29.2 Å². The molecule has 1 heterocycles. The van der Waals surface area contributed by atoms with E-state index in [2.05, 4.69) is 25.7 Å². The zero-order valence-electron chi connectivity index (χ0n) is 20.7. The predicted molar refractivity (Wildman–Crippen MR) is 129 cm³/mol. The molecule has 4 amide bonds. The predicted octanol–water partition coefficient (Wildman–Crippen LogP) is 3.69. The van der Waals surface area contributed by atoms with Crippen molar-refractivity contribution in [3.05, 3.63) is 65.5 Å². The summed E-state index contributed by atoms with van der Waals surface area (Å²) in [5.41, 5.74) is 3.14. The number of carbonyl (C=O) groups is 3. The zero-order valence-corrected chi connectivity index (χ0v) is 20.7. The average Bonchev–Trinajstić information content (AvgIpc) is 2.85. The Morgan fingerprint density at radius 1 is 0.919 bits per heavy atom. The van der Waals surface area contributed by atoms with Crippen LogP contribution in [-0.2, 0) is 11.3 Å². The minimum Gasteiger partial charge on any atom is -0.322 e. The minimum atomic E-state index is -5.19. The Morgan fingerprint density at radius 3 is 2.08 bits per heavy atom. The van der Waals surface area contributed by atoms with Gasteiger partial charge in [0.25, 0.3) is 5.91 Å². The monoisotopic (exact) mass is 523 g/mol. The zero-order chi connectivity index (χ0) is 27.4. The van der Waals surface area contributed by atoms with Crippen LogP contribution in [0, 0.1) is 5.82 Å². The number of hydrogen-bond acceptors (Lipinski definition) is 4. The Morgan fingerprint density at radius 2 is 1.54 bits per heavy atom. The number of hydrogen-bond donors (Lipinski definition) is 2. The molecule has 0 atom stereocenters. The molecule has 0 radical (unpaired) electrons. The molecular formula is C25H29F4N5O3. The van der Waals surface area contributed by atoms with Crippen molar-refractivity contribution in [2.75, 3.05) is 31.1 Å². The van der Waals surface area contributed by atoms with Gasteiger partial charge in [0.05, 0.1) is 6.54 Å². The highest BCUT2D eigenvalue weighted by molar-refractivity contribution is 5.96. The van der Waals surface area contributed by atoms with Crippen molar-refractivity contribution in [1.82, 2.24) is 20.7 Å². The molecule has 0 aliphatic carbocycles. The van der Waals surface area contributed by atoms with Gasteiger partial charge in [-0.15, -0.1) is 0 Å². The average molecular weight is 524 g/mol. The maximum Gasteiger partial charge on any atom is 0.472 e. The van der Waals surface area contributed by atoms with E-state index in [1.807, 2.05) is 0 Å². The molecule has 1 saturated heterocycles. The number of halogens is 4. The first-order chi connectivity index (χ1) is 17.3. The lowest BCUT2D eigenvalue weighted by atomic mass is 10.1. The van der Waals surface area contributed by atoms with E-state index in [0.29, 0.717) is 31.9 Å². The Hall–Kier alpha value is -3.67. The number of urea groups is 1. The van der Waals surface area contributed by atoms with Crippen molar-refractivity contribution < 1.29 is 31.9 Å². The van der Waals surface area contributed by atoms with Crippen LogP contribution in [0.3, 0.4) is 0 Å². The highest BCUT2D eigenvalue weighted by Crippen LogP contribution is 2.23. The van der Waals surface area contributed by atoms with Crippen LogP contribution in [0.2, 0.25) is 0 Å². The van der Waals surface area contributed by atoms with Gasteiger partial charge in [0, 0.05) is 48.5 Å². The van der Waals surface area contributed by atoms with E-state index in [0.717, 1.165) is 6.07 Å². The van der Waals surface area contributed by atoms with Crippen molar-refractivity contribution >= 4 is 23.5 Å². The number of rotatable bonds is 4. The molecule has 8 nitrogen and oxygen atoms in total. The van der Waals surface area contributed by atoms with Crippen LogP contribution in [0.25, 0.3) is 0 Å². The fourth-order valence-corrected chi connectivity index (χ4v) is 3.86. The number of carbonyl (C=O) groups excluding carboxylic acids is 3. The van der Waals surface area contributed by atoms with Crippen LogP contribution >= 0.6 is 0 Å². The maximum absolute atomic E-state index is 15.0. The summed E-state index contributed by atoms with van der Waals surface area (Å²) >= 11 is 0. The molecule has 0 bridgehead atoms. The van der Waals surface area contributed by atoms with Gasteiger partial charge in [0.15, 0.2) is 0 Å². The number of amides is 4. The maximum atomic E-state index is 15.0. The normalized spacial score (nSPS) is 14.7. The first-order valence-electron chi connectivity index (χ1n) is 11.6. The van der Waals surface area contributed by atoms with Gasteiger partial charge in [0.1, 0.15) is 5.82 Å². The topological polar surface area (TPSA) is 85.0 Å². The molecule has 37 heavy (non-hydrogen) atoms. The summed E-state index contributed by atoms with van der Waals surface area (Å²) < 4.78 is 51.8. The van der Waals surface area contributed by atoms with Crippen molar-refractivity contribution in [3.63, 3.8) is 0 Å². The van der Waals surface area contributed by atoms with Gasteiger partial charge in [-0.3, -0.25) is 30.2 Å². The summed E-state index contributed by atoms with van der Waals surface area (Å²) in [4.78, 5) is 41.8. The Bertz CT molecular complexity index is 1130. The van der Waals surface area contributed by atoms with Gasteiger partial charge in [-0.05, 0) is 45.0 Å². The van der Waals surface area contributed by atoms with Gasteiger partial charge in [-0.25, -0.2) is 9.18 Å². The molecule has 0 saturated carbocycles. The summed E-state index contributed by atoms with van der Waals surface area (Å²) in [6.45, 7) is 8.59. The fourth-order valence-electron chi connectivity index (χ4n) is 3.86. The van der Waals surface area contributed by atoms with Gasteiger partial charge >= 0.3 is 18.1 Å². The lowest BCUT2D eigenvalue weighted by molar-refractivity contribution is -0.174. The largest absolute Gasteiger partial charge is 0.472 e. The summed E-state index contributed by atoms with van der Waals surface area (Å²) in [6.07, 6.45) is -5.19. The Balaban J connectivity index is 1.75. The lowest BCUT2D eigenvalue weighted by Gasteiger charge is -2.43. The summed E-state index contributed by atoms with van der Waals surface area (Å²) in [6, 6.07) is 11.8. The molecule has 12 heteroatoms. The molecule has 0 spiro atoms. The van der Waals surface area contributed by atoms with E-state index in [9.17, 15) is 31.9 Å². The van der Waals surface area contributed by atoms with Gasteiger partial charge in [0.2, 0.25) is 0 Å². The van der Waals surface area contributed by atoms with Gasteiger partial charge in [-0.2, -0.15) is 13.2 Å². The molecule has 200 valence electrons. The van der Waals surface area contributed by atoms with Crippen LogP contribution in [0.1, 0.15) is 36.7 Å². The molecule has 2 aromatic rings. The van der Waals surface area contributed by atoms with Crippen molar-refractivity contribution in [2.24, 2.45) is 0 Å². The third-order valence-corrected chi connectivity index (χ3v) is 5.99. The second kappa shape index (κ2) is 11.2. The number of anilines is 1. The van der Waals surface area contributed by atoms with E-state index in [1.165, 1.54) is 22.5 Å². The highest BCUT2D eigenvalue weighted by atomic mass is 19.4. The summed E-state index contributed by atoms with van der Waals surface area (Å²) in [5, 5.41) is 0. The number of alkyl halides is 3. The number of nitrogens with one attached hydrogen (secondary N) is 2. The molecule has 2 N–H and O–H groups in total. The lowest BCUT2D eigenvalue weighted by Crippen LogP contribution is -2.57. The van der Waals surface area contributed by atoms with Crippen molar-refractivity contribution in [2.45, 2.75) is 39.0 Å². The third kappa shape index (κ3) is 7.19. The van der Waals surface area contributed by atoms with Crippen LogP contribution in [0.5, 0.6) is 0 Å². The Kier molecular flexibility index (Phi) is 8.42. The van der Waals surface area contributed by atoms with Crippen LogP contribution in [0.4, 0.5) is 28.0 Å². The summed E-state index contributed by atoms with van der Waals surface area (Å²) in [5.74, 6) is -4.32. The van der Waals surface area contributed by atoms with Crippen molar-refractivity contribution in [3.8, 4) is 0 Å². The number of hydrazine groups is 1. The highest BCUT2D eigenvalue weighted by Gasteiger charge is 2.39. The number of para-hydroxylation sites is 1. The van der Waals surface area contributed by atoms with Crippen molar-refractivity contribution in [1.29, 1.82) is 0 Å². The standard InChI is InChI=1S/C25H29F4N5O3/c1-24(2,3)33-13-11-32(12-14-33)23(37)34(19-7-5-4-6-8-19)16-18-10-9-17(15-20(18)26)21(35)30-31-22(36)25(27,28)29/h4-10,15H,11-14,16H2,1-3H3,(H,30,35)(H,31,36). The molecule has 0 aromatic heterocycles. The van der Waals surface area contributed by atoms with Gasteiger partial charge < -0.3 is 4.90 Å². The SMILES string of the molecule is CC(C)(C)N1CCN(C(=O)N(Cc2ccc(C(=O)NNC(=O)C(F)(F)F)cc2F)c2ccccc2)CC1. The second-order valence-corrected chi connectivity index (χ2v) is 9.56. The van der Waals surface area contributed by atoms with E-state index >= 15 is 0 Å². The fraction of sp³-hybridized carbons (Fsp3) is 0.400. The van der Waals surface area contributed by atoms with E-state index < -0.39 is 23.8 Å². The molecule has 2 aromatic carbocycles. The molecule has 0 unspecified atom stereocenters. The minimum absolute atomic E-state index is 0.0268.